The average Bonchev–Trinajstić information content (AvgIpc) is 3.31. The fourth-order valence-electron chi connectivity index (χ4n) is 2.91. The molecule has 0 radical (unpaired) electrons. The molecule has 2 aromatic rings. The van der Waals surface area contributed by atoms with E-state index in [1.54, 1.807) is 12.4 Å². The number of hydrogen-bond acceptors (Lipinski definition) is 6. The van der Waals surface area contributed by atoms with E-state index in [-0.39, 0.29) is 23.7 Å². The Hall–Kier alpha value is -1.80. The molecule has 2 amide bonds. The summed E-state index contributed by atoms with van der Waals surface area (Å²) >= 11 is 3.07. The van der Waals surface area contributed by atoms with Gasteiger partial charge in [-0.3, -0.25) is 9.59 Å². The Morgan fingerprint density at radius 1 is 0.875 bits per heavy atom. The molecular formula is C16H20N4O2S2. The summed E-state index contributed by atoms with van der Waals surface area (Å²) in [4.78, 5) is 32.7. The van der Waals surface area contributed by atoms with Crippen LogP contribution in [-0.4, -0.2) is 21.8 Å². The van der Waals surface area contributed by atoms with Gasteiger partial charge in [0, 0.05) is 35.0 Å². The molecule has 128 valence electrons. The van der Waals surface area contributed by atoms with Crippen LogP contribution in [0.5, 0.6) is 0 Å². The van der Waals surface area contributed by atoms with Crippen molar-refractivity contribution in [3.63, 3.8) is 0 Å². The Morgan fingerprint density at radius 3 is 1.62 bits per heavy atom. The van der Waals surface area contributed by atoms with E-state index in [1.165, 1.54) is 22.7 Å². The van der Waals surface area contributed by atoms with Crippen molar-refractivity contribution in [2.45, 2.75) is 38.8 Å². The first-order valence-corrected chi connectivity index (χ1v) is 9.80. The number of carbonyl (C=O) groups is 2. The lowest BCUT2D eigenvalue weighted by molar-refractivity contribution is -0.130. The molecule has 6 nitrogen and oxygen atoms in total. The minimum atomic E-state index is 0.00738. The molecule has 1 aliphatic carbocycles. The van der Waals surface area contributed by atoms with Crippen molar-refractivity contribution < 1.29 is 9.59 Å². The topological polar surface area (TPSA) is 84.0 Å². The molecule has 0 atom stereocenters. The van der Waals surface area contributed by atoms with E-state index in [0.29, 0.717) is 13.1 Å². The van der Waals surface area contributed by atoms with Crippen LogP contribution in [0.3, 0.4) is 0 Å². The van der Waals surface area contributed by atoms with E-state index in [1.807, 2.05) is 10.8 Å². The van der Waals surface area contributed by atoms with E-state index >= 15 is 0 Å². The molecule has 1 saturated carbocycles. The Bertz CT molecular complexity index is 591. The Kier molecular flexibility index (Phi) is 5.92. The van der Waals surface area contributed by atoms with Gasteiger partial charge in [-0.25, -0.2) is 9.97 Å². The van der Waals surface area contributed by atoms with Gasteiger partial charge in [0.1, 0.15) is 10.0 Å². The minimum Gasteiger partial charge on any atom is -0.349 e. The third-order valence-electron chi connectivity index (χ3n) is 4.26. The summed E-state index contributed by atoms with van der Waals surface area (Å²) in [7, 11) is 0. The summed E-state index contributed by atoms with van der Waals surface area (Å²) < 4.78 is 0. The second-order valence-corrected chi connectivity index (χ2v) is 7.79. The molecule has 2 aromatic heterocycles. The normalized spacial score (nSPS) is 20.5. The molecule has 3 rings (SSSR count). The Morgan fingerprint density at radius 2 is 1.29 bits per heavy atom. The van der Waals surface area contributed by atoms with Gasteiger partial charge >= 0.3 is 0 Å². The van der Waals surface area contributed by atoms with Gasteiger partial charge in [-0.05, 0) is 25.7 Å². The summed E-state index contributed by atoms with van der Waals surface area (Å²) in [5.41, 5.74) is 0. The summed E-state index contributed by atoms with van der Waals surface area (Å²) in [6, 6.07) is 0. The molecule has 1 aliphatic rings. The highest BCUT2D eigenvalue weighted by molar-refractivity contribution is 7.09. The number of carbonyl (C=O) groups excluding carboxylic acids is 2. The molecular weight excluding hydrogens is 344 g/mol. The number of rotatable bonds is 6. The lowest BCUT2D eigenvalue weighted by atomic mass is 9.81. The molecule has 0 aromatic carbocycles. The van der Waals surface area contributed by atoms with Gasteiger partial charge in [-0.2, -0.15) is 0 Å². The maximum absolute atomic E-state index is 12.2. The molecule has 24 heavy (non-hydrogen) atoms. The minimum absolute atomic E-state index is 0.00738. The van der Waals surface area contributed by atoms with E-state index in [2.05, 4.69) is 20.6 Å². The van der Waals surface area contributed by atoms with Crippen LogP contribution in [0.1, 0.15) is 35.7 Å². The second-order valence-electron chi connectivity index (χ2n) is 5.84. The van der Waals surface area contributed by atoms with Crippen LogP contribution < -0.4 is 10.6 Å². The van der Waals surface area contributed by atoms with Crippen molar-refractivity contribution in [1.29, 1.82) is 0 Å². The van der Waals surface area contributed by atoms with E-state index in [9.17, 15) is 9.59 Å². The predicted octanol–water partition coefficient (Wildman–Crippen LogP) is 2.34. The zero-order valence-electron chi connectivity index (χ0n) is 13.2. The lowest BCUT2D eigenvalue weighted by Crippen LogP contribution is -2.37. The number of hydrogen-bond donors (Lipinski definition) is 2. The molecule has 8 heteroatoms. The molecule has 0 aliphatic heterocycles. The van der Waals surface area contributed by atoms with Crippen molar-refractivity contribution in [2.24, 2.45) is 11.8 Å². The van der Waals surface area contributed by atoms with E-state index in [0.717, 1.165) is 35.7 Å². The second kappa shape index (κ2) is 8.34. The van der Waals surface area contributed by atoms with Crippen LogP contribution in [0.2, 0.25) is 0 Å². The largest absolute Gasteiger partial charge is 0.349 e. The van der Waals surface area contributed by atoms with Crippen LogP contribution in [0.25, 0.3) is 0 Å². The van der Waals surface area contributed by atoms with Crippen LogP contribution in [0.15, 0.2) is 23.2 Å². The van der Waals surface area contributed by atoms with Gasteiger partial charge in [0.25, 0.3) is 0 Å². The Balaban J connectivity index is 1.38. The van der Waals surface area contributed by atoms with Crippen LogP contribution in [-0.2, 0) is 22.7 Å². The Labute approximate surface area is 148 Å². The maximum Gasteiger partial charge on any atom is 0.223 e. The molecule has 2 N–H and O–H groups in total. The van der Waals surface area contributed by atoms with E-state index in [4.69, 9.17) is 0 Å². The van der Waals surface area contributed by atoms with Crippen molar-refractivity contribution in [3.8, 4) is 0 Å². The highest BCUT2D eigenvalue weighted by Crippen LogP contribution is 2.29. The predicted molar refractivity (Wildman–Crippen MR) is 93.4 cm³/mol. The van der Waals surface area contributed by atoms with Crippen molar-refractivity contribution in [2.75, 3.05) is 0 Å². The number of nitrogens with zero attached hydrogens (tertiary/aromatic N) is 2. The molecule has 0 spiro atoms. The van der Waals surface area contributed by atoms with Crippen LogP contribution >= 0.6 is 22.7 Å². The van der Waals surface area contributed by atoms with Gasteiger partial charge in [-0.15, -0.1) is 22.7 Å². The smallest absolute Gasteiger partial charge is 0.223 e. The number of amides is 2. The van der Waals surface area contributed by atoms with Crippen molar-refractivity contribution in [3.05, 3.63) is 33.2 Å². The average molecular weight is 364 g/mol. The quantitative estimate of drug-likeness (QED) is 0.824. The molecule has 0 bridgehead atoms. The summed E-state index contributed by atoms with van der Waals surface area (Å²) in [5.74, 6) is 0.166. The number of nitrogens with one attached hydrogen (secondary N) is 2. The van der Waals surface area contributed by atoms with Crippen molar-refractivity contribution in [1.82, 2.24) is 20.6 Å². The molecule has 0 unspecified atom stereocenters. The third kappa shape index (κ3) is 4.61. The van der Waals surface area contributed by atoms with Gasteiger partial charge in [0.05, 0.1) is 13.1 Å². The first kappa shape index (κ1) is 17.0. The fraction of sp³-hybridized carbons (Fsp3) is 0.500. The standard InChI is InChI=1S/C16H20N4O2S2/c21-15(19-9-13-17-5-7-23-13)11-1-2-12(4-3-11)16(22)20-10-14-18-6-8-24-14/h5-8,11-12H,1-4,9-10H2,(H,19,21)(H,20,22). The highest BCUT2D eigenvalue weighted by atomic mass is 32.1. The fourth-order valence-corrected chi connectivity index (χ4v) is 4.02. The van der Waals surface area contributed by atoms with Gasteiger partial charge in [-0.1, -0.05) is 0 Å². The van der Waals surface area contributed by atoms with E-state index < -0.39 is 0 Å². The van der Waals surface area contributed by atoms with Gasteiger partial charge < -0.3 is 10.6 Å². The van der Waals surface area contributed by atoms with Crippen LogP contribution in [0.4, 0.5) is 0 Å². The molecule has 1 fully saturated rings. The summed E-state index contributed by atoms with van der Waals surface area (Å²) in [6.07, 6.45) is 6.53. The monoisotopic (exact) mass is 364 g/mol. The lowest BCUT2D eigenvalue weighted by Gasteiger charge is -2.26. The summed E-state index contributed by atoms with van der Waals surface area (Å²) in [5, 5.41) is 11.5. The molecule has 0 saturated heterocycles. The first-order valence-electron chi connectivity index (χ1n) is 8.04. The number of thiazole rings is 2. The van der Waals surface area contributed by atoms with Crippen molar-refractivity contribution >= 4 is 34.5 Å². The zero-order valence-corrected chi connectivity index (χ0v) is 14.9. The van der Waals surface area contributed by atoms with Crippen LogP contribution in [0, 0.1) is 11.8 Å². The summed E-state index contributed by atoms with van der Waals surface area (Å²) in [6.45, 7) is 0.982. The maximum atomic E-state index is 12.2. The number of aromatic nitrogens is 2. The third-order valence-corrected chi connectivity index (χ3v) is 5.82. The zero-order chi connectivity index (χ0) is 16.8. The SMILES string of the molecule is O=C(NCc1nccs1)C1CCC(C(=O)NCc2nccs2)CC1. The van der Waals surface area contributed by atoms with Gasteiger partial charge in [0.2, 0.25) is 11.8 Å². The first-order chi connectivity index (χ1) is 11.7. The highest BCUT2D eigenvalue weighted by Gasteiger charge is 2.29. The van der Waals surface area contributed by atoms with Gasteiger partial charge in [0.15, 0.2) is 0 Å². The molecule has 2 heterocycles.